The fourth-order valence-electron chi connectivity index (χ4n) is 5.29. The molecule has 3 aliphatic rings. The van der Waals surface area contributed by atoms with Gasteiger partial charge in [0, 0.05) is 11.6 Å². The number of amides is 2. The van der Waals surface area contributed by atoms with Crippen molar-refractivity contribution < 1.29 is 33.3 Å². The molecule has 0 spiro atoms. The van der Waals surface area contributed by atoms with Crippen molar-refractivity contribution >= 4 is 22.8 Å². The Morgan fingerprint density at radius 1 is 1.17 bits per heavy atom. The van der Waals surface area contributed by atoms with Crippen molar-refractivity contribution in [3.8, 4) is 5.88 Å². The zero-order valence-electron chi connectivity index (χ0n) is 18.8. The molecule has 5 heterocycles. The second-order valence-electron chi connectivity index (χ2n) is 9.03. The summed E-state index contributed by atoms with van der Waals surface area (Å²) < 4.78 is 31.7. The fraction of sp³-hybridized carbons (Fsp3) is 0.360. The zero-order chi connectivity index (χ0) is 24.3. The lowest BCUT2D eigenvalue weighted by Gasteiger charge is -2.27. The minimum Gasteiger partial charge on any atom is -0.481 e. The second kappa shape index (κ2) is 8.04. The number of hydrogen-bond acceptors (Lipinski definition) is 8. The Morgan fingerprint density at radius 2 is 1.91 bits per heavy atom. The van der Waals surface area contributed by atoms with E-state index in [2.05, 4.69) is 9.97 Å². The largest absolute Gasteiger partial charge is 0.481 e. The van der Waals surface area contributed by atoms with Crippen LogP contribution in [-0.4, -0.2) is 76.0 Å². The lowest BCUT2D eigenvalue weighted by Crippen LogP contribution is -2.49. The number of halogens is 1. The van der Waals surface area contributed by atoms with Gasteiger partial charge in [-0.05, 0) is 31.0 Å². The van der Waals surface area contributed by atoms with Gasteiger partial charge in [-0.3, -0.25) is 19.5 Å². The molecule has 0 unspecified atom stereocenters. The van der Waals surface area contributed by atoms with Crippen molar-refractivity contribution in [2.75, 3.05) is 20.3 Å². The number of rotatable bonds is 5. The van der Waals surface area contributed by atoms with Crippen LogP contribution in [-0.2, 0) is 15.9 Å². The molecule has 3 aromatic rings. The van der Waals surface area contributed by atoms with E-state index in [4.69, 9.17) is 14.2 Å². The highest BCUT2D eigenvalue weighted by Crippen LogP contribution is 2.41. The van der Waals surface area contributed by atoms with E-state index < -0.39 is 41.5 Å². The van der Waals surface area contributed by atoms with Gasteiger partial charge in [0.05, 0.1) is 54.7 Å². The number of methoxy groups -OCH3 is 1. The van der Waals surface area contributed by atoms with Crippen molar-refractivity contribution in [3.05, 3.63) is 65.1 Å². The summed E-state index contributed by atoms with van der Waals surface area (Å²) in [7, 11) is 1.47. The first-order chi connectivity index (χ1) is 16.9. The van der Waals surface area contributed by atoms with Gasteiger partial charge >= 0.3 is 0 Å². The first-order valence-corrected chi connectivity index (χ1v) is 11.3. The molecule has 0 aliphatic carbocycles. The summed E-state index contributed by atoms with van der Waals surface area (Å²) in [5.41, 5.74) is 0.436. The average molecular weight is 479 g/mol. The van der Waals surface area contributed by atoms with Crippen LogP contribution in [0, 0.1) is 5.82 Å². The van der Waals surface area contributed by atoms with E-state index >= 15 is 0 Å². The summed E-state index contributed by atoms with van der Waals surface area (Å²) in [6, 6.07) is 9.32. The van der Waals surface area contributed by atoms with E-state index in [1.807, 2.05) is 0 Å². The highest BCUT2D eigenvalue weighted by Gasteiger charge is 2.59. The van der Waals surface area contributed by atoms with E-state index in [-0.39, 0.29) is 26.1 Å². The maximum atomic E-state index is 14.7. The molecular weight excluding hydrogens is 457 g/mol. The number of aryl methyl sites for hydroxylation is 1. The van der Waals surface area contributed by atoms with Crippen molar-refractivity contribution in [1.29, 1.82) is 0 Å². The maximum Gasteiger partial charge on any atom is 0.261 e. The van der Waals surface area contributed by atoms with Gasteiger partial charge in [-0.15, -0.1) is 0 Å². The summed E-state index contributed by atoms with van der Waals surface area (Å²) in [6.45, 7) is -0.0161. The number of imide groups is 1. The predicted molar refractivity (Wildman–Crippen MR) is 120 cm³/mol. The third-order valence-electron chi connectivity index (χ3n) is 7.09. The van der Waals surface area contributed by atoms with Crippen LogP contribution in [0.25, 0.3) is 11.0 Å². The number of benzene rings is 1. The maximum absolute atomic E-state index is 14.7. The highest BCUT2D eigenvalue weighted by molar-refractivity contribution is 6.21. The second-order valence-corrected chi connectivity index (χ2v) is 9.03. The van der Waals surface area contributed by atoms with Crippen LogP contribution in [0.3, 0.4) is 0 Å². The summed E-state index contributed by atoms with van der Waals surface area (Å²) in [4.78, 5) is 35.5. The van der Waals surface area contributed by atoms with Crippen molar-refractivity contribution in [2.24, 2.45) is 0 Å². The van der Waals surface area contributed by atoms with E-state index in [0.29, 0.717) is 33.6 Å². The Kier molecular flexibility index (Phi) is 5.06. The number of hydrogen-bond donors (Lipinski definition) is 1. The van der Waals surface area contributed by atoms with Crippen LogP contribution in [0.5, 0.6) is 5.88 Å². The van der Waals surface area contributed by atoms with E-state index in [1.165, 1.54) is 12.0 Å². The Balaban J connectivity index is 1.23. The highest BCUT2D eigenvalue weighted by atomic mass is 19.1. The molecule has 2 fully saturated rings. The number of pyridine rings is 2. The molecule has 0 radical (unpaired) electrons. The normalized spacial score (nSPS) is 27.5. The van der Waals surface area contributed by atoms with Crippen molar-refractivity contribution in [1.82, 2.24) is 14.9 Å². The standard InChI is InChI=1S/C25H22FN3O6/c1-33-19-7-6-17-20(28-19)15(16(26)10-27-17)8-9-25(32)12-35-21-18(11-34-22(21)25)29-23(30)13-4-2-3-5-14(13)24(29)31/h2-7,10,18,21-22,32H,8-9,11-12H2,1H3/t18-,21+,22-,25+/m0/s1. The lowest BCUT2D eigenvalue weighted by molar-refractivity contribution is -0.0707. The number of carbonyl (C=O) groups is 2. The summed E-state index contributed by atoms with van der Waals surface area (Å²) in [5, 5.41) is 11.4. The van der Waals surface area contributed by atoms with Gasteiger partial charge in [0.25, 0.3) is 11.8 Å². The molecule has 9 nitrogen and oxygen atoms in total. The smallest absolute Gasteiger partial charge is 0.261 e. The first-order valence-electron chi connectivity index (χ1n) is 11.3. The average Bonchev–Trinajstić information content (AvgIpc) is 3.51. The number of aromatic nitrogens is 2. The summed E-state index contributed by atoms with van der Waals surface area (Å²) in [6.07, 6.45) is -0.0451. The number of carbonyl (C=O) groups excluding carboxylic acids is 2. The van der Waals surface area contributed by atoms with Crippen LogP contribution in [0.15, 0.2) is 42.6 Å². The number of nitrogens with zero attached hydrogens (tertiary/aromatic N) is 3. The van der Waals surface area contributed by atoms with Gasteiger partial charge in [0.2, 0.25) is 5.88 Å². The monoisotopic (exact) mass is 479 g/mol. The van der Waals surface area contributed by atoms with Gasteiger partial charge < -0.3 is 19.3 Å². The van der Waals surface area contributed by atoms with Crippen LogP contribution in [0.1, 0.15) is 32.7 Å². The SMILES string of the molecule is COc1ccc2ncc(F)c(CC[C@@]3(O)CO[C@@H]4[C@@H](N5C(=O)c6ccccc6C5=O)CO[C@@H]43)c2n1. The van der Waals surface area contributed by atoms with Crippen LogP contribution >= 0.6 is 0 Å². The third-order valence-corrected chi connectivity index (χ3v) is 7.09. The minimum atomic E-state index is -1.43. The molecule has 6 rings (SSSR count). The van der Waals surface area contributed by atoms with Gasteiger partial charge in [-0.2, -0.15) is 0 Å². The van der Waals surface area contributed by atoms with Gasteiger partial charge in [-0.1, -0.05) is 12.1 Å². The number of aliphatic hydroxyl groups is 1. The number of ether oxygens (including phenoxy) is 3. The fourth-order valence-corrected chi connectivity index (χ4v) is 5.29. The predicted octanol–water partition coefficient (Wildman–Crippen LogP) is 1.90. The molecule has 0 saturated carbocycles. The Hall–Kier alpha value is -3.47. The topological polar surface area (TPSA) is 111 Å². The molecule has 1 N–H and O–H groups in total. The molecular formula is C25H22FN3O6. The number of fused-ring (bicyclic) bond motifs is 3. The summed E-state index contributed by atoms with van der Waals surface area (Å²) in [5.74, 6) is -1.00. The quantitative estimate of drug-likeness (QED) is 0.553. The van der Waals surface area contributed by atoms with Crippen LogP contribution < -0.4 is 4.74 Å². The van der Waals surface area contributed by atoms with E-state index in [0.717, 1.165) is 6.20 Å². The van der Waals surface area contributed by atoms with E-state index in [9.17, 15) is 19.1 Å². The Labute approximate surface area is 199 Å². The minimum absolute atomic E-state index is 0.0500. The molecule has 1 aromatic carbocycles. The Bertz CT molecular complexity index is 1330. The third kappa shape index (κ3) is 3.32. The molecule has 2 aromatic heterocycles. The zero-order valence-corrected chi connectivity index (χ0v) is 18.8. The van der Waals surface area contributed by atoms with E-state index in [1.54, 1.807) is 36.4 Å². The summed E-state index contributed by atoms with van der Waals surface area (Å²) >= 11 is 0. The molecule has 2 amide bonds. The Morgan fingerprint density at radius 3 is 2.63 bits per heavy atom. The van der Waals surface area contributed by atoms with Crippen LogP contribution in [0.2, 0.25) is 0 Å². The molecule has 10 heteroatoms. The van der Waals surface area contributed by atoms with Crippen molar-refractivity contribution in [3.63, 3.8) is 0 Å². The first kappa shape index (κ1) is 22.0. The molecule has 35 heavy (non-hydrogen) atoms. The van der Waals surface area contributed by atoms with Gasteiger partial charge in [0.1, 0.15) is 23.6 Å². The van der Waals surface area contributed by atoms with Gasteiger partial charge in [-0.25, -0.2) is 9.37 Å². The molecule has 180 valence electrons. The van der Waals surface area contributed by atoms with Crippen molar-refractivity contribution in [2.45, 2.75) is 36.7 Å². The molecule has 0 bridgehead atoms. The van der Waals surface area contributed by atoms with Gasteiger partial charge in [0.15, 0.2) is 0 Å². The van der Waals surface area contributed by atoms with Crippen LogP contribution in [0.4, 0.5) is 4.39 Å². The molecule has 4 atom stereocenters. The molecule has 3 aliphatic heterocycles. The lowest BCUT2D eigenvalue weighted by atomic mass is 9.88. The molecule has 2 saturated heterocycles.